The van der Waals surface area contributed by atoms with Gasteiger partial charge in [-0.15, -0.1) is 0 Å². The van der Waals surface area contributed by atoms with E-state index in [9.17, 15) is 4.79 Å². The van der Waals surface area contributed by atoms with Crippen LogP contribution in [0.3, 0.4) is 0 Å². The van der Waals surface area contributed by atoms with E-state index in [2.05, 4.69) is 16.8 Å². The third-order valence-electron chi connectivity index (χ3n) is 1.79. The van der Waals surface area contributed by atoms with Gasteiger partial charge in [0.15, 0.2) is 0 Å². The van der Waals surface area contributed by atoms with Crippen molar-refractivity contribution in [3.05, 3.63) is 23.8 Å². The first-order valence-corrected chi connectivity index (χ1v) is 4.92. The van der Waals surface area contributed by atoms with E-state index in [0.717, 1.165) is 5.57 Å². The number of hydrogen-bond acceptors (Lipinski definition) is 3. The monoisotopic (exact) mass is 222 g/mol. The van der Waals surface area contributed by atoms with Crippen molar-refractivity contribution < 1.29 is 14.3 Å². The summed E-state index contributed by atoms with van der Waals surface area (Å²) in [5.41, 5.74) is 0.793. The molecule has 0 unspecified atom stereocenters. The molecule has 0 saturated heterocycles. The van der Waals surface area contributed by atoms with Gasteiger partial charge in [-0.05, 0) is 17.4 Å². The van der Waals surface area contributed by atoms with E-state index < -0.39 is 0 Å². The van der Waals surface area contributed by atoms with Crippen molar-refractivity contribution in [3.8, 4) is 12.0 Å². The standard InChI is InChI=1S/C13H18O3/c1-13(2,3)11(9-10-15-4)7-6-8-12(14)16-5/h6-8H,1-5H3/b8-6+,11-7-. The minimum Gasteiger partial charge on any atom is -0.466 e. The normalized spacial score (nSPS) is 11.9. The Balaban J connectivity index is 4.85. The molecule has 0 aromatic rings. The molecule has 3 nitrogen and oxygen atoms in total. The molecule has 0 aromatic heterocycles. The molecule has 88 valence electrons. The van der Waals surface area contributed by atoms with E-state index in [-0.39, 0.29) is 11.4 Å². The molecule has 0 spiro atoms. The van der Waals surface area contributed by atoms with Gasteiger partial charge in [0, 0.05) is 11.6 Å². The second kappa shape index (κ2) is 6.73. The van der Waals surface area contributed by atoms with Gasteiger partial charge in [0.25, 0.3) is 0 Å². The molecule has 0 heterocycles. The van der Waals surface area contributed by atoms with Crippen LogP contribution in [0, 0.1) is 17.4 Å². The fourth-order valence-corrected chi connectivity index (χ4v) is 0.876. The summed E-state index contributed by atoms with van der Waals surface area (Å²) in [6, 6.07) is 0. The Hall–Kier alpha value is -1.69. The first-order chi connectivity index (χ1) is 7.41. The Bertz CT molecular complexity index is 346. The van der Waals surface area contributed by atoms with Crippen LogP contribution in [0.1, 0.15) is 20.8 Å². The molecular formula is C13H18O3. The van der Waals surface area contributed by atoms with E-state index >= 15 is 0 Å². The van der Waals surface area contributed by atoms with Crippen LogP contribution < -0.4 is 0 Å². The number of carbonyl (C=O) groups excluding carboxylic acids is 1. The van der Waals surface area contributed by atoms with Crippen LogP contribution in [-0.2, 0) is 14.3 Å². The Kier molecular flexibility index (Phi) is 6.02. The first kappa shape index (κ1) is 14.3. The quantitative estimate of drug-likeness (QED) is 0.311. The van der Waals surface area contributed by atoms with Crippen LogP contribution in [0.15, 0.2) is 23.8 Å². The molecule has 0 fully saturated rings. The smallest absolute Gasteiger partial charge is 0.330 e. The highest BCUT2D eigenvalue weighted by atomic mass is 16.5. The third-order valence-corrected chi connectivity index (χ3v) is 1.79. The Morgan fingerprint density at radius 2 is 1.88 bits per heavy atom. The number of ether oxygens (including phenoxy) is 2. The van der Waals surface area contributed by atoms with Gasteiger partial charge >= 0.3 is 5.97 Å². The molecule has 0 aromatic carbocycles. The van der Waals surface area contributed by atoms with Crippen LogP contribution in [0.5, 0.6) is 0 Å². The van der Waals surface area contributed by atoms with Crippen LogP contribution in [-0.4, -0.2) is 20.2 Å². The molecule has 0 N–H and O–H groups in total. The first-order valence-electron chi connectivity index (χ1n) is 4.92. The average Bonchev–Trinajstić information content (AvgIpc) is 2.20. The number of esters is 1. The zero-order chi connectivity index (χ0) is 12.6. The molecule has 0 radical (unpaired) electrons. The predicted octanol–water partition coefficient (Wildman–Crippen LogP) is 2.30. The Labute approximate surface area is 97.1 Å². The highest BCUT2D eigenvalue weighted by molar-refractivity contribution is 5.82. The van der Waals surface area contributed by atoms with Gasteiger partial charge < -0.3 is 9.47 Å². The van der Waals surface area contributed by atoms with E-state index in [1.165, 1.54) is 20.3 Å². The van der Waals surface area contributed by atoms with Gasteiger partial charge in [0.1, 0.15) is 6.11 Å². The van der Waals surface area contributed by atoms with Gasteiger partial charge in [-0.2, -0.15) is 0 Å². The molecule has 0 saturated carbocycles. The highest BCUT2D eigenvalue weighted by Crippen LogP contribution is 2.24. The van der Waals surface area contributed by atoms with Gasteiger partial charge in [-0.25, -0.2) is 4.79 Å². The lowest BCUT2D eigenvalue weighted by molar-refractivity contribution is -0.134. The van der Waals surface area contributed by atoms with Crippen molar-refractivity contribution in [1.82, 2.24) is 0 Å². The zero-order valence-corrected chi connectivity index (χ0v) is 10.5. The van der Waals surface area contributed by atoms with Crippen molar-refractivity contribution in [2.45, 2.75) is 20.8 Å². The maximum Gasteiger partial charge on any atom is 0.330 e. The zero-order valence-electron chi connectivity index (χ0n) is 10.5. The number of hydrogen-bond donors (Lipinski definition) is 0. The number of methoxy groups -OCH3 is 2. The average molecular weight is 222 g/mol. The number of allylic oxidation sites excluding steroid dienone is 3. The van der Waals surface area contributed by atoms with Crippen LogP contribution in [0.25, 0.3) is 0 Å². The predicted molar refractivity (Wildman–Crippen MR) is 63.5 cm³/mol. The molecule has 16 heavy (non-hydrogen) atoms. The minimum atomic E-state index is -0.385. The molecule has 0 aliphatic rings. The molecule has 3 heteroatoms. The molecule has 0 bridgehead atoms. The van der Waals surface area contributed by atoms with Gasteiger partial charge in [0.2, 0.25) is 0 Å². The van der Waals surface area contributed by atoms with Crippen molar-refractivity contribution in [1.29, 1.82) is 0 Å². The molecule has 0 aliphatic carbocycles. The van der Waals surface area contributed by atoms with Gasteiger partial charge in [-0.3, -0.25) is 0 Å². The second-order valence-electron chi connectivity index (χ2n) is 4.14. The summed E-state index contributed by atoms with van der Waals surface area (Å²) in [5.74, 6) is 2.50. The maximum atomic E-state index is 10.9. The van der Waals surface area contributed by atoms with Crippen LogP contribution in [0.2, 0.25) is 0 Å². The SMILES string of the molecule is COC#C/C(=C/C=C/C(=O)OC)C(C)(C)C. The largest absolute Gasteiger partial charge is 0.466 e. The van der Waals surface area contributed by atoms with Gasteiger partial charge in [0.05, 0.1) is 14.2 Å². The molecule has 0 amide bonds. The topological polar surface area (TPSA) is 35.5 Å². The molecular weight excluding hydrogens is 204 g/mol. The van der Waals surface area contributed by atoms with Crippen LogP contribution in [0.4, 0.5) is 0 Å². The van der Waals surface area contributed by atoms with E-state index in [4.69, 9.17) is 4.74 Å². The van der Waals surface area contributed by atoms with Gasteiger partial charge in [-0.1, -0.05) is 26.8 Å². The molecule has 0 rings (SSSR count). The van der Waals surface area contributed by atoms with Crippen LogP contribution >= 0.6 is 0 Å². The number of rotatable bonds is 2. The van der Waals surface area contributed by atoms with E-state index in [0.29, 0.717) is 0 Å². The summed E-state index contributed by atoms with van der Waals surface area (Å²) >= 11 is 0. The lowest BCUT2D eigenvalue weighted by atomic mass is 9.86. The third kappa shape index (κ3) is 5.92. The molecule has 0 aliphatic heterocycles. The number of carbonyl (C=O) groups is 1. The summed E-state index contributed by atoms with van der Waals surface area (Å²) in [6.07, 6.45) is 7.29. The van der Waals surface area contributed by atoms with Crippen molar-refractivity contribution in [2.75, 3.05) is 14.2 Å². The lowest BCUT2D eigenvalue weighted by Crippen LogP contribution is -2.07. The highest BCUT2D eigenvalue weighted by Gasteiger charge is 2.14. The summed E-state index contributed by atoms with van der Waals surface area (Å²) < 4.78 is 9.18. The fraction of sp³-hybridized carbons (Fsp3) is 0.462. The summed E-state index contributed by atoms with van der Waals surface area (Å²) in [7, 11) is 2.85. The minimum absolute atomic E-state index is 0.0913. The van der Waals surface area contributed by atoms with E-state index in [1.807, 2.05) is 20.8 Å². The van der Waals surface area contributed by atoms with Crippen molar-refractivity contribution >= 4 is 5.97 Å². The summed E-state index contributed by atoms with van der Waals surface area (Å²) in [4.78, 5) is 10.9. The van der Waals surface area contributed by atoms with E-state index in [1.54, 1.807) is 12.2 Å². The van der Waals surface area contributed by atoms with Crippen molar-refractivity contribution in [3.63, 3.8) is 0 Å². The van der Waals surface area contributed by atoms with Crippen molar-refractivity contribution in [2.24, 2.45) is 5.41 Å². The maximum absolute atomic E-state index is 10.9. The summed E-state index contributed by atoms with van der Waals surface area (Å²) in [6.45, 7) is 6.11. The Morgan fingerprint density at radius 1 is 1.25 bits per heavy atom. The Morgan fingerprint density at radius 3 is 2.31 bits per heavy atom. The fourth-order valence-electron chi connectivity index (χ4n) is 0.876. The summed E-state index contributed by atoms with van der Waals surface area (Å²) in [5, 5.41) is 0. The lowest BCUT2D eigenvalue weighted by Gasteiger charge is -2.17. The molecule has 0 atom stereocenters. The second-order valence-corrected chi connectivity index (χ2v) is 4.14.